The highest BCUT2D eigenvalue weighted by Gasteiger charge is 2.47. The summed E-state index contributed by atoms with van der Waals surface area (Å²) in [5.41, 5.74) is -1.60. The van der Waals surface area contributed by atoms with Crippen molar-refractivity contribution in [3.8, 4) is 0 Å². The quantitative estimate of drug-likeness (QED) is 0.898. The van der Waals surface area contributed by atoms with Crippen LogP contribution >= 0.6 is 0 Å². The van der Waals surface area contributed by atoms with Gasteiger partial charge in [-0.2, -0.15) is 0 Å². The Labute approximate surface area is 119 Å². The van der Waals surface area contributed by atoms with Crippen molar-refractivity contribution in [2.75, 3.05) is 0 Å². The van der Waals surface area contributed by atoms with Crippen LogP contribution in [0, 0.1) is 5.41 Å². The van der Waals surface area contributed by atoms with E-state index >= 15 is 0 Å². The highest BCUT2D eigenvalue weighted by molar-refractivity contribution is 5.89. The molecule has 0 spiro atoms. The predicted octanol–water partition coefficient (Wildman–Crippen LogP) is 3.06. The molecule has 0 fully saturated rings. The first-order chi connectivity index (χ1) is 9.76. The summed E-state index contributed by atoms with van der Waals surface area (Å²) in [5, 5.41) is 17.8. The average Bonchev–Trinajstić information content (AvgIpc) is 2.44. The minimum absolute atomic E-state index is 0.0479. The first-order valence-corrected chi connectivity index (χ1v) is 6.07. The Morgan fingerprint density at radius 3 is 2.19 bits per heavy atom. The van der Waals surface area contributed by atoms with Gasteiger partial charge in [-0.1, -0.05) is 12.1 Å². The molecule has 2 unspecified atom stereocenters. The molecular formula is C15H12F2O4. The van der Waals surface area contributed by atoms with Gasteiger partial charge in [0.15, 0.2) is 5.41 Å². The highest BCUT2D eigenvalue weighted by Crippen LogP contribution is 2.41. The molecule has 1 aliphatic carbocycles. The number of allylic oxidation sites excluding steroid dienone is 3. The summed E-state index contributed by atoms with van der Waals surface area (Å²) in [4.78, 5) is 21.8. The van der Waals surface area contributed by atoms with Gasteiger partial charge in [0.1, 0.15) is 12.0 Å². The van der Waals surface area contributed by atoms with Crippen molar-refractivity contribution >= 4 is 17.5 Å². The summed E-state index contributed by atoms with van der Waals surface area (Å²) in [5.74, 6) is -3.77. The van der Waals surface area contributed by atoms with Crippen LogP contribution in [0.15, 0.2) is 42.2 Å². The van der Waals surface area contributed by atoms with E-state index in [0.29, 0.717) is 5.56 Å². The van der Waals surface area contributed by atoms with E-state index in [1.807, 2.05) is 0 Å². The molecule has 0 radical (unpaired) electrons. The van der Waals surface area contributed by atoms with Gasteiger partial charge in [0, 0.05) is 0 Å². The molecule has 0 bridgehead atoms. The second kappa shape index (κ2) is 5.12. The van der Waals surface area contributed by atoms with E-state index in [1.54, 1.807) is 0 Å². The van der Waals surface area contributed by atoms with Crippen LogP contribution < -0.4 is 0 Å². The third-order valence-electron chi connectivity index (χ3n) is 3.57. The van der Waals surface area contributed by atoms with E-state index in [4.69, 9.17) is 10.2 Å². The summed E-state index contributed by atoms with van der Waals surface area (Å²) in [6, 6.07) is 5.44. The molecular weight excluding hydrogens is 282 g/mol. The molecule has 0 heterocycles. The van der Waals surface area contributed by atoms with E-state index in [9.17, 15) is 18.4 Å². The minimum atomic E-state index is -2.23. The Bertz CT molecular complexity index is 661. The van der Waals surface area contributed by atoms with Crippen LogP contribution in [0.2, 0.25) is 0 Å². The van der Waals surface area contributed by atoms with Crippen molar-refractivity contribution in [3.05, 3.63) is 53.4 Å². The lowest BCUT2D eigenvalue weighted by molar-refractivity contribution is -0.149. The number of aromatic carboxylic acids is 1. The van der Waals surface area contributed by atoms with Gasteiger partial charge in [-0.25, -0.2) is 13.6 Å². The molecule has 110 valence electrons. The molecule has 0 saturated carbocycles. The van der Waals surface area contributed by atoms with Gasteiger partial charge in [0.05, 0.1) is 5.56 Å². The van der Waals surface area contributed by atoms with E-state index in [2.05, 4.69) is 0 Å². The van der Waals surface area contributed by atoms with E-state index in [-0.39, 0.29) is 11.1 Å². The molecule has 0 amide bonds. The molecule has 2 rings (SSSR count). The van der Waals surface area contributed by atoms with Gasteiger partial charge in [-0.15, -0.1) is 0 Å². The van der Waals surface area contributed by atoms with Gasteiger partial charge in [-0.3, -0.25) is 4.79 Å². The zero-order valence-electron chi connectivity index (χ0n) is 11.0. The Hall–Kier alpha value is -2.50. The lowest BCUT2D eigenvalue weighted by Crippen LogP contribution is -2.38. The normalized spacial score (nSPS) is 25.0. The number of hydrogen-bond acceptors (Lipinski definition) is 2. The van der Waals surface area contributed by atoms with Crippen LogP contribution in [0.3, 0.4) is 0 Å². The molecule has 21 heavy (non-hydrogen) atoms. The van der Waals surface area contributed by atoms with Gasteiger partial charge in [-0.05, 0) is 42.3 Å². The molecule has 2 atom stereocenters. The van der Waals surface area contributed by atoms with Crippen molar-refractivity contribution < 1.29 is 28.6 Å². The minimum Gasteiger partial charge on any atom is -0.480 e. The summed E-state index contributed by atoms with van der Waals surface area (Å²) >= 11 is 0. The summed E-state index contributed by atoms with van der Waals surface area (Å²) in [6.07, 6.45) is -0.0402. The maximum absolute atomic E-state index is 14.0. The Kier molecular flexibility index (Phi) is 3.63. The van der Waals surface area contributed by atoms with E-state index < -0.39 is 29.4 Å². The average molecular weight is 294 g/mol. The number of carboxylic acids is 2. The van der Waals surface area contributed by atoms with Crippen LogP contribution in [0.25, 0.3) is 5.57 Å². The lowest BCUT2D eigenvalue weighted by Gasteiger charge is -2.29. The predicted molar refractivity (Wildman–Crippen MR) is 71.2 cm³/mol. The molecule has 2 N–H and O–H groups in total. The zero-order valence-corrected chi connectivity index (χ0v) is 11.0. The Morgan fingerprint density at radius 2 is 1.76 bits per heavy atom. The number of benzene rings is 1. The van der Waals surface area contributed by atoms with Crippen molar-refractivity contribution in [2.24, 2.45) is 5.41 Å². The first kappa shape index (κ1) is 14.9. The zero-order chi connectivity index (χ0) is 15.8. The summed E-state index contributed by atoms with van der Waals surface area (Å²) < 4.78 is 28.0. The molecule has 4 nitrogen and oxygen atoms in total. The van der Waals surface area contributed by atoms with Crippen LogP contribution in [-0.2, 0) is 4.79 Å². The van der Waals surface area contributed by atoms with Gasteiger partial charge < -0.3 is 10.2 Å². The largest absolute Gasteiger partial charge is 0.480 e. The molecule has 0 aromatic heterocycles. The van der Waals surface area contributed by atoms with Crippen LogP contribution in [-0.4, -0.2) is 28.3 Å². The summed E-state index contributed by atoms with van der Waals surface area (Å²) in [7, 11) is 0. The van der Waals surface area contributed by atoms with E-state index in [1.165, 1.54) is 24.3 Å². The van der Waals surface area contributed by atoms with Gasteiger partial charge in [0.2, 0.25) is 0 Å². The van der Waals surface area contributed by atoms with Crippen LogP contribution in [0.5, 0.6) is 0 Å². The topological polar surface area (TPSA) is 74.6 Å². The van der Waals surface area contributed by atoms with Gasteiger partial charge >= 0.3 is 11.9 Å². The lowest BCUT2D eigenvalue weighted by atomic mass is 9.78. The maximum atomic E-state index is 14.0. The number of aliphatic carboxylic acids is 1. The summed E-state index contributed by atoms with van der Waals surface area (Å²) in [6.45, 7) is 0.979. The molecule has 1 aliphatic rings. The monoisotopic (exact) mass is 294 g/mol. The molecule has 1 aromatic rings. The fraction of sp³-hybridized carbons (Fsp3) is 0.200. The smallest absolute Gasteiger partial charge is 0.335 e. The van der Waals surface area contributed by atoms with Crippen molar-refractivity contribution in [1.29, 1.82) is 0 Å². The number of hydrogen-bond donors (Lipinski definition) is 2. The molecule has 0 saturated heterocycles. The third-order valence-corrected chi connectivity index (χ3v) is 3.57. The molecule has 1 aromatic carbocycles. The second-order valence-corrected chi connectivity index (χ2v) is 4.91. The number of alkyl halides is 1. The van der Waals surface area contributed by atoms with Crippen molar-refractivity contribution in [3.63, 3.8) is 0 Å². The van der Waals surface area contributed by atoms with Crippen LogP contribution in [0.1, 0.15) is 22.8 Å². The fourth-order valence-electron chi connectivity index (χ4n) is 2.00. The molecule has 6 heteroatoms. The SMILES string of the molecule is CC1(C(=O)O)C(F)=CC(c2ccc(C(=O)O)cc2)=CC1F. The Balaban J connectivity index is 2.39. The number of rotatable bonds is 3. The van der Waals surface area contributed by atoms with Gasteiger partial charge in [0.25, 0.3) is 0 Å². The van der Waals surface area contributed by atoms with Crippen molar-refractivity contribution in [1.82, 2.24) is 0 Å². The standard InChI is InChI=1S/C15H12F2O4/c1-15(14(20)21)11(16)6-10(7-12(15)17)8-2-4-9(5-3-8)13(18)19/h2-7,11H,1H3,(H,18,19)(H,20,21). The van der Waals surface area contributed by atoms with Crippen molar-refractivity contribution in [2.45, 2.75) is 13.1 Å². The number of carbonyl (C=O) groups is 2. The highest BCUT2D eigenvalue weighted by atomic mass is 19.1. The maximum Gasteiger partial charge on any atom is 0.335 e. The number of carboxylic acid groups (broad SMARTS) is 2. The van der Waals surface area contributed by atoms with Crippen LogP contribution in [0.4, 0.5) is 8.78 Å². The first-order valence-electron chi connectivity index (χ1n) is 6.07. The molecule has 0 aliphatic heterocycles. The third kappa shape index (κ3) is 2.44. The van der Waals surface area contributed by atoms with E-state index in [0.717, 1.165) is 19.1 Å². The number of halogens is 2. The Morgan fingerprint density at radius 1 is 1.19 bits per heavy atom. The fourth-order valence-corrected chi connectivity index (χ4v) is 2.00. The second-order valence-electron chi connectivity index (χ2n) is 4.91.